The van der Waals surface area contributed by atoms with Gasteiger partial charge in [0, 0.05) is 25.7 Å². The van der Waals surface area contributed by atoms with Crippen molar-refractivity contribution in [1.29, 1.82) is 0 Å². The highest BCUT2D eigenvalue weighted by Gasteiger charge is 2.10. The Hall–Kier alpha value is -2.15. The van der Waals surface area contributed by atoms with E-state index in [4.69, 9.17) is 18.0 Å². The molecule has 0 aliphatic carbocycles. The van der Waals surface area contributed by atoms with Crippen molar-refractivity contribution >= 4 is 23.8 Å². The average molecular weight is 291 g/mol. The van der Waals surface area contributed by atoms with E-state index in [1.54, 1.807) is 10.6 Å². The van der Waals surface area contributed by atoms with Gasteiger partial charge < -0.3 is 15.6 Å². The second-order valence-electron chi connectivity index (χ2n) is 4.55. The SMILES string of the molecule is Cc1cccc(C(=O)NCCc2n[nH]c(=S)n2C)c1N. The maximum Gasteiger partial charge on any atom is 0.253 e. The standard InChI is InChI=1S/C13H17N5OS/c1-8-4-3-5-9(11(8)14)12(19)15-7-6-10-16-17-13(20)18(10)2/h3-5H,6-7,14H2,1-2H3,(H,15,19)(H,17,20). The van der Waals surface area contributed by atoms with Gasteiger partial charge in [0.25, 0.3) is 5.91 Å². The van der Waals surface area contributed by atoms with Crippen molar-refractivity contribution in [3.63, 3.8) is 0 Å². The molecule has 0 unspecified atom stereocenters. The molecule has 0 atom stereocenters. The van der Waals surface area contributed by atoms with Gasteiger partial charge in [-0.05, 0) is 30.8 Å². The lowest BCUT2D eigenvalue weighted by molar-refractivity contribution is 0.0954. The summed E-state index contributed by atoms with van der Waals surface area (Å²) >= 11 is 5.03. The molecule has 2 rings (SSSR count). The summed E-state index contributed by atoms with van der Waals surface area (Å²) in [6, 6.07) is 5.41. The summed E-state index contributed by atoms with van der Waals surface area (Å²) in [7, 11) is 1.83. The second-order valence-corrected chi connectivity index (χ2v) is 4.93. The van der Waals surface area contributed by atoms with E-state index < -0.39 is 0 Å². The zero-order chi connectivity index (χ0) is 14.7. The molecular weight excluding hydrogens is 274 g/mol. The van der Waals surface area contributed by atoms with Crippen LogP contribution in [0.3, 0.4) is 0 Å². The number of para-hydroxylation sites is 1. The summed E-state index contributed by atoms with van der Waals surface area (Å²) in [6.45, 7) is 2.35. The minimum Gasteiger partial charge on any atom is -0.398 e. The molecular formula is C13H17N5OS. The number of carbonyl (C=O) groups excluding carboxylic acids is 1. The number of H-pyrrole nitrogens is 1. The van der Waals surface area contributed by atoms with Gasteiger partial charge in [0.15, 0.2) is 4.77 Å². The van der Waals surface area contributed by atoms with Crippen LogP contribution >= 0.6 is 12.2 Å². The van der Waals surface area contributed by atoms with E-state index in [9.17, 15) is 4.79 Å². The molecule has 0 aliphatic rings. The van der Waals surface area contributed by atoms with Crippen LogP contribution in [0, 0.1) is 11.7 Å². The molecule has 20 heavy (non-hydrogen) atoms. The number of hydrogen-bond donors (Lipinski definition) is 3. The van der Waals surface area contributed by atoms with Crippen molar-refractivity contribution in [3.05, 3.63) is 39.9 Å². The fourth-order valence-corrected chi connectivity index (χ4v) is 2.02. The van der Waals surface area contributed by atoms with Gasteiger partial charge in [0.1, 0.15) is 5.82 Å². The third-order valence-electron chi connectivity index (χ3n) is 3.18. The van der Waals surface area contributed by atoms with Crippen molar-refractivity contribution in [2.75, 3.05) is 12.3 Å². The minimum atomic E-state index is -0.178. The van der Waals surface area contributed by atoms with E-state index in [0.717, 1.165) is 11.4 Å². The lowest BCUT2D eigenvalue weighted by Crippen LogP contribution is -2.27. The number of hydrogen-bond acceptors (Lipinski definition) is 4. The highest BCUT2D eigenvalue weighted by molar-refractivity contribution is 7.71. The van der Waals surface area contributed by atoms with Crippen LogP contribution in [0.25, 0.3) is 0 Å². The quantitative estimate of drug-likeness (QED) is 0.586. The predicted molar refractivity (Wildman–Crippen MR) is 80.0 cm³/mol. The first kappa shape index (κ1) is 14.3. The van der Waals surface area contributed by atoms with Crippen LogP contribution in [0.2, 0.25) is 0 Å². The van der Waals surface area contributed by atoms with Crippen LogP contribution < -0.4 is 11.1 Å². The first-order valence-corrected chi connectivity index (χ1v) is 6.65. The van der Waals surface area contributed by atoms with Crippen LogP contribution in [-0.4, -0.2) is 27.2 Å². The number of aromatic amines is 1. The average Bonchev–Trinajstić information content (AvgIpc) is 2.73. The van der Waals surface area contributed by atoms with Crippen LogP contribution in [0.5, 0.6) is 0 Å². The molecule has 0 saturated heterocycles. The number of aryl methyl sites for hydroxylation is 1. The summed E-state index contributed by atoms with van der Waals surface area (Å²) in [5, 5.41) is 9.62. The Bertz CT molecular complexity index is 688. The van der Waals surface area contributed by atoms with E-state index in [1.165, 1.54) is 0 Å². The van der Waals surface area contributed by atoms with Crippen LogP contribution in [-0.2, 0) is 13.5 Å². The fourth-order valence-electron chi connectivity index (χ4n) is 1.86. The first-order chi connectivity index (χ1) is 9.50. The maximum absolute atomic E-state index is 12.1. The number of nitrogens with two attached hydrogens (primary N) is 1. The number of amides is 1. The number of nitrogen functional groups attached to an aromatic ring is 1. The first-order valence-electron chi connectivity index (χ1n) is 6.24. The molecule has 0 bridgehead atoms. The van der Waals surface area contributed by atoms with Crippen molar-refractivity contribution in [2.24, 2.45) is 7.05 Å². The van der Waals surface area contributed by atoms with Gasteiger partial charge in [-0.3, -0.25) is 9.89 Å². The molecule has 0 radical (unpaired) electrons. The molecule has 4 N–H and O–H groups in total. The van der Waals surface area contributed by atoms with E-state index in [-0.39, 0.29) is 5.91 Å². The normalized spacial score (nSPS) is 10.5. The highest BCUT2D eigenvalue weighted by Crippen LogP contribution is 2.15. The molecule has 0 saturated carbocycles. The summed E-state index contributed by atoms with van der Waals surface area (Å²) in [5.74, 6) is 0.621. The van der Waals surface area contributed by atoms with Gasteiger partial charge >= 0.3 is 0 Å². The zero-order valence-corrected chi connectivity index (χ0v) is 12.3. The number of rotatable bonds is 4. The molecule has 1 aromatic carbocycles. The van der Waals surface area contributed by atoms with Gasteiger partial charge in [0.05, 0.1) is 5.56 Å². The lowest BCUT2D eigenvalue weighted by atomic mass is 10.1. The molecule has 0 fully saturated rings. The minimum absolute atomic E-state index is 0.178. The molecule has 2 aromatic rings. The Morgan fingerprint density at radius 2 is 2.30 bits per heavy atom. The van der Waals surface area contributed by atoms with E-state index in [1.807, 2.05) is 26.1 Å². The van der Waals surface area contributed by atoms with Gasteiger partial charge in [-0.1, -0.05) is 12.1 Å². The van der Waals surface area contributed by atoms with E-state index in [2.05, 4.69) is 15.5 Å². The smallest absolute Gasteiger partial charge is 0.253 e. The van der Waals surface area contributed by atoms with Crippen LogP contribution in [0.4, 0.5) is 5.69 Å². The Balaban J connectivity index is 1.97. The Morgan fingerprint density at radius 1 is 1.55 bits per heavy atom. The molecule has 0 spiro atoms. The summed E-state index contributed by atoms with van der Waals surface area (Å²) in [5.41, 5.74) is 7.81. The summed E-state index contributed by atoms with van der Waals surface area (Å²) in [4.78, 5) is 12.1. The summed E-state index contributed by atoms with van der Waals surface area (Å²) < 4.78 is 2.34. The highest BCUT2D eigenvalue weighted by atomic mass is 32.1. The van der Waals surface area contributed by atoms with Crippen molar-refractivity contribution < 1.29 is 4.79 Å². The molecule has 1 amide bonds. The molecule has 106 valence electrons. The predicted octanol–water partition coefficient (Wildman–Crippen LogP) is 1.34. The van der Waals surface area contributed by atoms with Gasteiger partial charge in [0.2, 0.25) is 0 Å². The molecule has 0 aliphatic heterocycles. The molecule has 7 heteroatoms. The van der Waals surface area contributed by atoms with E-state index >= 15 is 0 Å². The number of aromatic nitrogens is 3. The monoisotopic (exact) mass is 291 g/mol. The number of carbonyl (C=O) groups is 1. The van der Waals surface area contributed by atoms with Crippen molar-refractivity contribution in [2.45, 2.75) is 13.3 Å². The number of nitrogens with one attached hydrogen (secondary N) is 2. The van der Waals surface area contributed by atoms with Crippen molar-refractivity contribution in [1.82, 2.24) is 20.1 Å². The van der Waals surface area contributed by atoms with Gasteiger partial charge in [-0.2, -0.15) is 5.10 Å². The van der Waals surface area contributed by atoms with Crippen molar-refractivity contribution in [3.8, 4) is 0 Å². The van der Waals surface area contributed by atoms with Crippen LogP contribution in [0.1, 0.15) is 21.7 Å². The number of benzene rings is 1. The Labute approximate surface area is 122 Å². The van der Waals surface area contributed by atoms with Gasteiger partial charge in [-0.15, -0.1) is 0 Å². The molecule has 1 aromatic heterocycles. The third-order valence-corrected chi connectivity index (χ3v) is 3.54. The zero-order valence-electron chi connectivity index (χ0n) is 11.4. The number of nitrogens with zero attached hydrogens (tertiary/aromatic N) is 2. The molecule has 6 nitrogen and oxygen atoms in total. The largest absolute Gasteiger partial charge is 0.398 e. The van der Waals surface area contributed by atoms with Gasteiger partial charge in [-0.25, -0.2) is 0 Å². The van der Waals surface area contributed by atoms with E-state index in [0.29, 0.717) is 29.0 Å². The Kier molecular flexibility index (Phi) is 4.19. The molecule has 1 heterocycles. The number of anilines is 1. The maximum atomic E-state index is 12.1. The topological polar surface area (TPSA) is 88.7 Å². The second kappa shape index (κ2) is 5.87. The third kappa shape index (κ3) is 2.88. The lowest BCUT2D eigenvalue weighted by Gasteiger charge is -2.09. The van der Waals surface area contributed by atoms with Crippen LogP contribution in [0.15, 0.2) is 18.2 Å². The Morgan fingerprint density at radius 3 is 2.95 bits per heavy atom. The summed E-state index contributed by atoms with van der Waals surface area (Å²) in [6.07, 6.45) is 0.598. The fraction of sp³-hybridized carbons (Fsp3) is 0.308.